The number of primary amides is 1. The molecule has 0 aliphatic rings. The monoisotopic (exact) mass is 202 g/mol. The Kier molecular flexibility index (Phi) is 6.11. The summed E-state index contributed by atoms with van der Waals surface area (Å²) in [6, 6.07) is -0.750. The van der Waals surface area contributed by atoms with E-state index in [1.165, 1.54) is 0 Å². The van der Waals surface area contributed by atoms with Crippen molar-refractivity contribution in [1.29, 1.82) is 0 Å². The van der Waals surface area contributed by atoms with Gasteiger partial charge < -0.3 is 15.5 Å². The predicted octanol–water partition coefficient (Wildman–Crippen LogP) is -3.85. The largest absolute Gasteiger partial charge is 0.753 e. The average Bonchev–Trinajstić information content (AvgIpc) is 1.52. The first-order chi connectivity index (χ1) is 5.13. The van der Waals surface area contributed by atoms with Crippen molar-refractivity contribution in [2.45, 2.75) is 0 Å². The number of carbonyl (C=O) groups is 1. The fourth-order valence-electron chi connectivity index (χ4n) is 0.142. The van der Waals surface area contributed by atoms with Crippen LogP contribution in [0.2, 0.25) is 0 Å². The molecular formula is C2H8FN4O4P. The highest BCUT2D eigenvalue weighted by atomic mass is 31.2. The number of urea groups is 1. The molecule has 0 fully saturated rings. The minimum atomic E-state index is -5.39. The molecule has 0 saturated heterocycles. The van der Waals surface area contributed by atoms with Crippen molar-refractivity contribution in [2.24, 2.45) is 11.5 Å². The Morgan fingerprint density at radius 2 is 1.92 bits per heavy atom. The first-order valence-corrected chi connectivity index (χ1v) is 3.77. The van der Waals surface area contributed by atoms with Crippen molar-refractivity contribution in [3.63, 3.8) is 0 Å². The molecule has 2 amide bonds. The van der Waals surface area contributed by atoms with Crippen molar-refractivity contribution >= 4 is 19.9 Å². The zero-order chi connectivity index (χ0) is 10.4. The van der Waals surface area contributed by atoms with E-state index >= 15 is 0 Å². The summed E-state index contributed by atoms with van der Waals surface area (Å²) in [6.45, 7) is 0. The fraction of sp³-hybridized carbons (Fsp3) is 0. The summed E-state index contributed by atoms with van der Waals surface area (Å²) in [6.07, 6.45) is 0. The Morgan fingerprint density at radius 1 is 1.67 bits per heavy atom. The number of halogens is 1. The maximum atomic E-state index is 10.2. The SMILES string of the molecule is NC(=[NH2+])NC(N)=O.O=P([O-])(O)F. The summed E-state index contributed by atoms with van der Waals surface area (Å²) in [5.41, 5.74) is 9.34. The Bertz CT molecular complexity index is 193. The molecule has 12 heavy (non-hydrogen) atoms. The number of hydrogen-bond donors (Lipinski definition) is 5. The second kappa shape index (κ2) is 5.47. The van der Waals surface area contributed by atoms with Crippen LogP contribution < -0.4 is 27.1 Å². The van der Waals surface area contributed by atoms with Crippen LogP contribution in [0.25, 0.3) is 0 Å². The molecule has 0 heterocycles. The van der Waals surface area contributed by atoms with Gasteiger partial charge in [-0.1, -0.05) is 0 Å². The number of carbonyl (C=O) groups excluding carboxylic acids is 1. The molecule has 0 saturated carbocycles. The van der Waals surface area contributed by atoms with Crippen LogP contribution in [-0.4, -0.2) is 16.9 Å². The highest BCUT2D eigenvalue weighted by molar-refractivity contribution is 7.44. The van der Waals surface area contributed by atoms with E-state index in [2.05, 4.69) is 5.73 Å². The minimum Gasteiger partial charge on any atom is -0.753 e. The van der Waals surface area contributed by atoms with Gasteiger partial charge in [0.15, 0.2) is 0 Å². The van der Waals surface area contributed by atoms with Crippen LogP contribution in [-0.2, 0) is 4.57 Å². The van der Waals surface area contributed by atoms with Crippen LogP contribution in [0.4, 0.5) is 8.99 Å². The number of rotatable bonds is 0. The molecule has 0 bridgehead atoms. The number of nitrogens with one attached hydrogen (secondary N) is 1. The van der Waals surface area contributed by atoms with E-state index in [1.54, 1.807) is 0 Å². The van der Waals surface area contributed by atoms with E-state index in [4.69, 9.17) is 25.5 Å². The van der Waals surface area contributed by atoms with Gasteiger partial charge >= 0.3 is 19.9 Å². The lowest BCUT2D eigenvalue weighted by molar-refractivity contribution is -0.206. The molecule has 72 valence electrons. The molecule has 0 aliphatic carbocycles. The molecule has 1 atom stereocenters. The van der Waals surface area contributed by atoms with Gasteiger partial charge in [-0.15, -0.1) is 0 Å². The highest BCUT2D eigenvalue weighted by Crippen LogP contribution is 2.28. The van der Waals surface area contributed by atoms with Crippen LogP contribution in [0.1, 0.15) is 0 Å². The summed E-state index contributed by atoms with van der Waals surface area (Å²) in [5.74, 6) is -0.187. The molecule has 8 N–H and O–H groups in total. The third-order valence-corrected chi connectivity index (χ3v) is 0.268. The van der Waals surface area contributed by atoms with Gasteiger partial charge in [0.05, 0.1) is 0 Å². The Morgan fingerprint density at radius 3 is 1.92 bits per heavy atom. The summed E-state index contributed by atoms with van der Waals surface area (Å²) in [7, 11) is -5.39. The van der Waals surface area contributed by atoms with Crippen molar-refractivity contribution in [1.82, 2.24) is 5.32 Å². The normalized spacial score (nSPS) is 13.2. The maximum absolute atomic E-state index is 10.2. The van der Waals surface area contributed by atoms with Gasteiger partial charge in [0.1, 0.15) is 0 Å². The van der Waals surface area contributed by atoms with Crippen LogP contribution in [0.5, 0.6) is 0 Å². The lowest BCUT2D eigenvalue weighted by Crippen LogP contribution is -2.57. The van der Waals surface area contributed by atoms with Crippen LogP contribution in [0.3, 0.4) is 0 Å². The molecule has 0 radical (unpaired) electrons. The first-order valence-electron chi connectivity index (χ1n) is 2.30. The molecule has 0 aromatic rings. The van der Waals surface area contributed by atoms with Gasteiger partial charge in [-0.3, -0.25) is 15.7 Å². The van der Waals surface area contributed by atoms with Gasteiger partial charge in [0.2, 0.25) is 0 Å². The third kappa shape index (κ3) is 67.8. The lowest BCUT2D eigenvalue weighted by Gasteiger charge is -1.97. The van der Waals surface area contributed by atoms with E-state index in [9.17, 15) is 8.99 Å². The fourth-order valence-corrected chi connectivity index (χ4v) is 0.142. The number of hydrogen-bond acceptors (Lipinski definition) is 3. The standard InChI is InChI=1S/C2H6N4O.FH2O3P/c3-1(4)6-2(5)7;1-5(2,3)4/h(H6,3,4,5,6,7);(H2,2,3,4). The van der Waals surface area contributed by atoms with Crippen molar-refractivity contribution in [3.8, 4) is 0 Å². The summed E-state index contributed by atoms with van der Waals surface area (Å²) in [4.78, 5) is 25.1. The molecule has 0 aromatic carbocycles. The minimum absolute atomic E-state index is 0.187. The summed E-state index contributed by atoms with van der Waals surface area (Å²) in [5, 5.41) is 6.69. The molecule has 0 aliphatic heterocycles. The third-order valence-electron chi connectivity index (χ3n) is 0.268. The first kappa shape index (κ1) is 13.4. The van der Waals surface area contributed by atoms with Gasteiger partial charge in [-0.25, -0.2) is 4.79 Å². The molecule has 8 nitrogen and oxygen atoms in total. The number of guanidine groups is 1. The van der Waals surface area contributed by atoms with Gasteiger partial charge in [-0.2, -0.15) is 9.51 Å². The maximum Gasteiger partial charge on any atom is 0.376 e. The Hall–Kier alpha value is -1.18. The zero-order valence-electron chi connectivity index (χ0n) is 5.73. The second-order valence-electron chi connectivity index (χ2n) is 1.40. The zero-order valence-corrected chi connectivity index (χ0v) is 6.62. The number of nitrogens with two attached hydrogens (primary N) is 3. The molecule has 1 unspecified atom stereocenters. The lowest BCUT2D eigenvalue weighted by atomic mass is 10.9. The smallest absolute Gasteiger partial charge is 0.376 e. The highest BCUT2D eigenvalue weighted by Gasteiger charge is 1.96. The van der Waals surface area contributed by atoms with E-state index in [0.29, 0.717) is 0 Å². The molecule has 0 aromatic heterocycles. The van der Waals surface area contributed by atoms with Crippen molar-refractivity contribution in [2.75, 3.05) is 0 Å². The van der Waals surface area contributed by atoms with Crippen molar-refractivity contribution in [3.05, 3.63) is 0 Å². The summed E-state index contributed by atoms with van der Waals surface area (Å²) >= 11 is 0. The predicted molar refractivity (Wildman–Crippen MR) is 34.8 cm³/mol. The number of amides is 2. The van der Waals surface area contributed by atoms with Crippen molar-refractivity contribution < 1.29 is 28.8 Å². The van der Waals surface area contributed by atoms with Gasteiger partial charge in [0, 0.05) is 0 Å². The molecule has 0 rings (SSSR count). The van der Waals surface area contributed by atoms with E-state index in [-0.39, 0.29) is 5.96 Å². The Labute approximate surface area is 66.5 Å². The second-order valence-corrected chi connectivity index (χ2v) is 2.30. The van der Waals surface area contributed by atoms with Crippen LogP contribution >= 0.6 is 7.91 Å². The van der Waals surface area contributed by atoms with Gasteiger partial charge in [0.25, 0.3) is 0 Å². The average molecular weight is 202 g/mol. The quantitative estimate of drug-likeness (QED) is 0.154. The topological polar surface area (TPSA) is 167 Å². The molecule has 0 spiro atoms. The molecular weight excluding hydrogens is 194 g/mol. The van der Waals surface area contributed by atoms with Gasteiger partial charge in [-0.05, 0) is 0 Å². The summed E-state index contributed by atoms with van der Waals surface area (Å²) < 4.78 is 18.8. The Balaban J connectivity index is 0. The molecule has 10 heteroatoms. The van der Waals surface area contributed by atoms with E-state index < -0.39 is 13.9 Å². The van der Waals surface area contributed by atoms with E-state index in [0.717, 1.165) is 0 Å². The van der Waals surface area contributed by atoms with E-state index in [1.807, 2.05) is 5.32 Å². The van der Waals surface area contributed by atoms with Crippen LogP contribution in [0, 0.1) is 0 Å². The van der Waals surface area contributed by atoms with Crippen LogP contribution in [0.15, 0.2) is 0 Å².